The van der Waals surface area contributed by atoms with E-state index < -0.39 is 15.8 Å². The number of nitrogens with zero attached hydrogens (tertiary/aromatic N) is 1. The molecule has 3 aromatic rings. The summed E-state index contributed by atoms with van der Waals surface area (Å²) in [5, 5.41) is 6.46. The largest absolute Gasteiger partial charge is 0.495 e. The van der Waals surface area contributed by atoms with E-state index >= 15 is 0 Å². The molecule has 1 aromatic heterocycles. The maximum atomic E-state index is 13.4. The standard InChI is InChI=1S/C21H20FN3O5S/c1-13-21(23-14(2)26)19(30-24-13)10-8-15-7-9-18(29-3)20(11-15)31(27,28)25-17-6-4-5-16(22)12-17/h4-12,25H,1-3H3,(H,23,26)/b10-8-. The van der Waals surface area contributed by atoms with Crippen molar-refractivity contribution in [2.45, 2.75) is 18.7 Å². The fraction of sp³-hybridized carbons (Fsp3) is 0.143. The Kier molecular flexibility index (Phi) is 6.40. The molecule has 31 heavy (non-hydrogen) atoms. The summed E-state index contributed by atoms with van der Waals surface area (Å²) in [7, 11) is -2.72. The molecule has 0 spiro atoms. The Bertz CT molecular complexity index is 1250. The lowest BCUT2D eigenvalue weighted by molar-refractivity contribution is -0.114. The highest BCUT2D eigenvalue weighted by Crippen LogP contribution is 2.29. The molecular weight excluding hydrogens is 425 g/mol. The summed E-state index contributed by atoms with van der Waals surface area (Å²) in [5.41, 5.74) is 1.54. The van der Waals surface area contributed by atoms with Gasteiger partial charge in [0, 0.05) is 6.92 Å². The first kappa shape index (κ1) is 22.0. The van der Waals surface area contributed by atoms with Crippen molar-refractivity contribution in [3.05, 3.63) is 65.3 Å². The Morgan fingerprint density at radius 1 is 1.19 bits per heavy atom. The third kappa shape index (κ3) is 5.28. The van der Waals surface area contributed by atoms with Crippen molar-refractivity contribution < 1.29 is 26.9 Å². The number of aromatic nitrogens is 1. The van der Waals surface area contributed by atoms with Crippen LogP contribution in [-0.4, -0.2) is 26.6 Å². The van der Waals surface area contributed by atoms with E-state index in [1.165, 1.54) is 44.4 Å². The Hall–Kier alpha value is -3.66. The van der Waals surface area contributed by atoms with Crippen molar-refractivity contribution in [2.24, 2.45) is 0 Å². The third-order valence-corrected chi connectivity index (χ3v) is 5.57. The quantitative estimate of drug-likeness (QED) is 0.567. The van der Waals surface area contributed by atoms with Crippen molar-refractivity contribution in [1.82, 2.24) is 5.16 Å². The van der Waals surface area contributed by atoms with Gasteiger partial charge in [-0.15, -0.1) is 0 Å². The van der Waals surface area contributed by atoms with E-state index in [0.717, 1.165) is 6.07 Å². The maximum absolute atomic E-state index is 13.4. The molecule has 0 bridgehead atoms. The number of ether oxygens (including phenoxy) is 1. The highest BCUT2D eigenvalue weighted by Gasteiger charge is 2.20. The summed E-state index contributed by atoms with van der Waals surface area (Å²) >= 11 is 0. The van der Waals surface area contributed by atoms with Gasteiger partial charge < -0.3 is 14.6 Å². The Labute approximate surface area is 178 Å². The topological polar surface area (TPSA) is 111 Å². The van der Waals surface area contributed by atoms with Crippen LogP contribution in [0, 0.1) is 12.7 Å². The molecule has 0 fully saturated rings. The van der Waals surface area contributed by atoms with Crippen LogP contribution >= 0.6 is 0 Å². The zero-order valence-corrected chi connectivity index (χ0v) is 17.8. The number of aryl methyl sites for hydroxylation is 1. The molecule has 0 saturated heterocycles. The second kappa shape index (κ2) is 9.00. The third-order valence-electron chi connectivity index (χ3n) is 4.17. The first-order valence-electron chi connectivity index (χ1n) is 9.08. The molecule has 0 aliphatic carbocycles. The summed E-state index contributed by atoms with van der Waals surface area (Å²) in [4.78, 5) is 11.2. The minimum atomic E-state index is -4.07. The summed E-state index contributed by atoms with van der Waals surface area (Å²) in [6, 6.07) is 9.67. The van der Waals surface area contributed by atoms with Gasteiger partial charge in [0.1, 0.15) is 27.8 Å². The zero-order chi connectivity index (χ0) is 22.6. The summed E-state index contributed by atoms with van der Waals surface area (Å²) < 4.78 is 51.9. The van der Waals surface area contributed by atoms with Gasteiger partial charge in [0.2, 0.25) is 5.91 Å². The van der Waals surface area contributed by atoms with Gasteiger partial charge in [-0.2, -0.15) is 0 Å². The van der Waals surface area contributed by atoms with Gasteiger partial charge in [-0.1, -0.05) is 23.4 Å². The molecule has 0 atom stereocenters. The second-order valence-electron chi connectivity index (χ2n) is 6.55. The number of carbonyl (C=O) groups is 1. The fourth-order valence-electron chi connectivity index (χ4n) is 2.77. The van der Waals surface area contributed by atoms with Crippen LogP contribution in [0.5, 0.6) is 5.75 Å². The smallest absolute Gasteiger partial charge is 0.265 e. The van der Waals surface area contributed by atoms with E-state index in [4.69, 9.17) is 9.26 Å². The molecule has 2 aromatic carbocycles. The Morgan fingerprint density at radius 3 is 2.65 bits per heavy atom. The molecule has 2 N–H and O–H groups in total. The summed E-state index contributed by atoms with van der Waals surface area (Å²) in [5.74, 6) is -0.412. The molecule has 10 heteroatoms. The van der Waals surface area contributed by atoms with Crippen LogP contribution in [0.15, 0.2) is 51.9 Å². The lowest BCUT2D eigenvalue weighted by Gasteiger charge is -2.12. The van der Waals surface area contributed by atoms with Gasteiger partial charge in [0.25, 0.3) is 10.0 Å². The van der Waals surface area contributed by atoms with E-state index in [1.807, 2.05) is 0 Å². The van der Waals surface area contributed by atoms with Gasteiger partial charge in [-0.25, -0.2) is 12.8 Å². The first-order chi connectivity index (χ1) is 14.7. The van der Waals surface area contributed by atoms with E-state index in [1.54, 1.807) is 25.1 Å². The predicted octanol–water partition coefficient (Wildman–Crippen LogP) is 4.06. The van der Waals surface area contributed by atoms with Crippen molar-refractivity contribution in [2.75, 3.05) is 17.1 Å². The van der Waals surface area contributed by atoms with Crippen LogP contribution in [0.4, 0.5) is 15.8 Å². The number of amides is 1. The minimum Gasteiger partial charge on any atom is -0.495 e. The van der Waals surface area contributed by atoms with Gasteiger partial charge in [-0.05, 0) is 48.9 Å². The van der Waals surface area contributed by atoms with Gasteiger partial charge in [0.15, 0.2) is 5.76 Å². The molecule has 0 aliphatic rings. The van der Waals surface area contributed by atoms with Crippen LogP contribution in [0.25, 0.3) is 12.2 Å². The fourth-order valence-corrected chi connectivity index (χ4v) is 4.02. The number of rotatable bonds is 7. The average molecular weight is 445 g/mol. The van der Waals surface area contributed by atoms with Crippen molar-refractivity contribution in [3.8, 4) is 5.75 Å². The molecule has 1 heterocycles. The van der Waals surface area contributed by atoms with Crippen LogP contribution in [-0.2, 0) is 14.8 Å². The van der Waals surface area contributed by atoms with Crippen molar-refractivity contribution >= 4 is 39.5 Å². The normalized spacial score (nSPS) is 11.5. The Balaban J connectivity index is 1.94. The number of carbonyl (C=O) groups excluding carboxylic acids is 1. The van der Waals surface area contributed by atoms with Crippen molar-refractivity contribution in [1.29, 1.82) is 0 Å². The molecule has 8 nitrogen and oxygen atoms in total. The molecule has 0 saturated carbocycles. The van der Waals surface area contributed by atoms with Crippen molar-refractivity contribution in [3.63, 3.8) is 0 Å². The molecule has 3 rings (SSSR count). The number of halogens is 1. The zero-order valence-electron chi connectivity index (χ0n) is 17.0. The van der Waals surface area contributed by atoms with Gasteiger partial charge >= 0.3 is 0 Å². The van der Waals surface area contributed by atoms with Crippen LogP contribution in [0.2, 0.25) is 0 Å². The van der Waals surface area contributed by atoms with E-state index in [2.05, 4.69) is 15.2 Å². The monoisotopic (exact) mass is 445 g/mol. The molecule has 0 radical (unpaired) electrons. The molecule has 0 unspecified atom stereocenters. The number of hydrogen-bond acceptors (Lipinski definition) is 6. The SMILES string of the molecule is COc1ccc(/C=C\c2onc(C)c2NC(C)=O)cc1S(=O)(=O)Nc1cccc(F)c1. The number of hydrogen-bond donors (Lipinski definition) is 2. The highest BCUT2D eigenvalue weighted by molar-refractivity contribution is 7.92. The van der Waals surface area contributed by atoms with E-state index in [0.29, 0.717) is 22.7 Å². The van der Waals surface area contributed by atoms with Crippen LogP contribution in [0.3, 0.4) is 0 Å². The molecule has 0 aliphatic heterocycles. The number of nitrogens with one attached hydrogen (secondary N) is 2. The van der Waals surface area contributed by atoms with Crippen LogP contribution in [0.1, 0.15) is 23.9 Å². The van der Waals surface area contributed by atoms with Gasteiger partial charge in [0.05, 0.1) is 12.8 Å². The lowest BCUT2D eigenvalue weighted by Crippen LogP contribution is -2.14. The predicted molar refractivity (Wildman–Crippen MR) is 115 cm³/mol. The summed E-state index contributed by atoms with van der Waals surface area (Å²) in [6.07, 6.45) is 3.16. The average Bonchev–Trinajstić information content (AvgIpc) is 3.05. The number of methoxy groups -OCH3 is 1. The molecule has 162 valence electrons. The first-order valence-corrected chi connectivity index (χ1v) is 10.6. The maximum Gasteiger partial charge on any atom is 0.265 e. The highest BCUT2D eigenvalue weighted by atomic mass is 32.2. The number of anilines is 2. The van der Waals surface area contributed by atoms with E-state index in [9.17, 15) is 17.6 Å². The molecular formula is C21H20FN3O5S. The number of sulfonamides is 1. The van der Waals surface area contributed by atoms with Crippen LogP contribution < -0.4 is 14.8 Å². The number of benzene rings is 2. The van der Waals surface area contributed by atoms with Gasteiger partial charge in [-0.3, -0.25) is 9.52 Å². The van der Waals surface area contributed by atoms with E-state index in [-0.39, 0.29) is 22.2 Å². The summed E-state index contributed by atoms with van der Waals surface area (Å²) in [6.45, 7) is 3.05. The lowest BCUT2D eigenvalue weighted by atomic mass is 10.2. The minimum absolute atomic E-state index is 0.0834. The molecule has 1 amide bonds. The second-order valence-corrected chi connectivity index (χ2v) is 8.20. The Morgan fingerprint density at radius 2 is 1.97 bits per heavy atom.